The predicted molar refractivity (Wildman–Crippen MR) is 88.2 cm³/mol. The number of nitrogens with two attached hydrogens (primary N) is 1. The van der Waals surface area contributed by atoms with Crippen LogP contribution in [0.1, 0.15) is 20.7 Å². The van der Waals surface area contributed by atoms with Gasteiger partial charge < -0.3 is 15.8 Å². The molecular formula is C14H10Cl2N2O4S. The Morgan fingerprint density at radius 1 is 1.17 bits per heavy atom. The highest BCUT2D eigenvalue weighted by molar-refractivity contribution is 7.14. The van der Waals surface area contributed by atoms with E-state index in [1.165, 1.54) is 24.3 Å². The quantitative estimate of drug-likeness (QED) is 0.788. The van der Waals surface area contributed by atoms with Crippen LogP contribution in [-0.2, 0) is 9.53 Å². The number of ether oxygens (including phenoxy) is 1. The van der Waals surface area contributed by atoms with Crippen molar-refractivity contribution in [1.29, 1.82) is 0 Å². The van der Waals surface area contributed by atoms with Crippen molar-refractivity contribution >= 4 is 57.3 Å². The van der Waals surface area contributed by atoms with E-state index < -0.39 is 24.4 Å². The Balaban J connectivity index is 1.93. The zero-order valence-electron chi connectivity index (χ0n) is 11.5. The van der Waals surface area contributed by atoms with E-state index in [0.717, 1.165) is 11.3 Å². The third kappa shape index (κ3) is 4.44. The monoisotopic (exact) mass is 372 g/mol. The number of carbonyl (C=O) groups excluding carboxylic acids is 3. The zero-order chi connectivity index (χ0) is 17.0. The topological polar surface area (TPSA) is 98.5 Å². The van der Waals surface area contributed by atoms with E-state index in [0.29, 0.717) is 10.0 Å². The van der Waals surface area contributed by atoms with Gasteiger partial charge in [-0.05, 0) is 29.6 Å². The number of rotatable bonds is 5. The summed E-state index contributed by atoms with van der Waals surface area (Å²) in [6, 6.07) is 5.71. The number of esters is 1. The summed E-state index contributed by atoms with van der Waals surface area (Å²) in [4.78, 5) is 34.7. The van der Waals surface area contributed by atoms with Gasteiger partial charge in [-0.3, -0.25) is 9.59 Å². The van der Waals surface area contributed by atoms with Crippen LogP contribution in [0.25, 0.3) is 0 Å². The van der Waals surface area contributed by atoms with Gasteiger partial charge in [0.2, 0.25) is 0 Å². The molecule has 9 heteroatoms. The highest BCUT2D eigenvalue weighted by Crippen LogP contribution is 2.23. The molecule has 0 saturated heterocycles. The molecule has 2 rings (SSSR count). The Hall–Kier alpha value is -2.09. The Kier molecular flexibility index (Phi) is 5.59. The van der Waals surface area contributed by atoms with Crippen LogP contribution >= 0.6 is 34.5 Å². The third-order valence-corrected chi connectivity index (χ3v) is 4.24. The van der Waals surface area contributed by atoms with Crippen molar-refractivity contribution in [2.24, 2.45) is 5.73 Å². The minimum atomic E-state index is -0.722. The summed E-state index contributed by atoms with van der Waals surface area (Å²) in [6.45, 7) is -0.519. The van der Waals surface area contributed by atoms with Crippen LogP contribution in [0.4, 0.5) is 5.00 Å². The van der Waals surface area contributed by atoms with Crippen LogP contribution in [0.15, 0.2) is 29.6 Å². The number of benzene rings is 1. The first-order valence-corrected chi connectivity index (χ1v) is 7.81. The van der Waals surface area contributed by atoms with Crippen LogP contribution in [0, 0.1) is 0 Å². The maximum atomic E-state index is 11.8. The van der Waals surface area contributed by atoms with Crippen molar-refractivity contribution in [2.75, 3.05) is 11.9 Å². The smallest absolute Gasteiger partial charge is 0.338 e. The molecule has 1 aromatic carbocycles. The fourth-order valence-electron chi connectivity index (χ4n) is 1.60. The number of carbonyl (C=O) groups is 3. The van der Waals surface area contributed by atoms with Crippen molar-refractivity contribution in [3.05, 3.63) is 50.8 Å². The lowest BCUT2D eigenvalue weighted by Crippen LogP contribution is -2.22. The number of nitrogens with one attached hydrogen (secondary N) is 1. The predicted octanol–water partition coefficient (Wildman–Crippen LogP) is 2.95. The Morgan fingerprint density at radius 3 is 2.57 bits per heavy atom. The number of thiophene rings is 1. The summed E-state index contributed by atoms with van der Waals surface area (Å²) in [5.74, 6) is -1.97. The van der Waals surface area contributed by atoms with Gasteiger partial charge in [-0.1, -0.05) is 23.2 Å². The standard InChI is InChI=1S/C14H10Cl2N2O4S/c15-9-2-1-7(5-10(9)16)14(21)22-6-11(19)18-13-8(12(17)20)3-4-23-13/h1-5H,6H2,(H2,17,20)(H,18,19). The minimum Gasteiger partial charge on any atom is -0.452 e. The van der Waals surface area contributed by atoms with E-state index in [9.17, 15) is 14.4 Å². The van der Waals surface area contributed by atoms with Gasteiger partial charge in [0.25, 0.3) is 11.8 Å². The molecule has 120 valence electrons. The molecule has 1 aromatic heterocycles. The highest BCUT2D eigenvalue weighted by atomic mass is 35.5. The first-order chi connectivity index (χ1) is 10.9. The number of halogens is 2. The van der Waals surface area contributed by atoms with Crippen molar-refractivity contribution in [1.82, 2.24) is 0 Å². The molecule has 0 spiro atoms. The second-order valence-electron chi connectivity index (χ2n) is 4.28. The molecule has 0 bridgehead atoms. The molecule has 6 nitrogen and oxygen atoms in total. The summed E-state index contributed by atoms with van der Waals surface area (Å²) in [7, 11) is 0. The summed E-state index contributed by atoms with van der Waals surface area (Å²) in [5, 5.41) is 4.87. The van der Waals surface area contributed by atoms with Crippen LogP contribution in [0.5, 0.6) is 0 Å². The van der Waals surface area contributed by atoms with Crippen molar-refractivity contribution in [3.8, 4) is 0 Å². The van der Waals surface area contributed by atoms with E-state index in [1.54, 1.807) is 5.38 Å². The molecule has 0 aliphatic carbocycles. The van der Waals surface area contributed by atoms with Crippen LogP contribution in [0.2, 0.25) is 10.0 Å². The number of amides is 2. The van der Waals surface area contributed by atoms with E-state index in [-0.39, 0.29) is 16.1 Å². The normalized spacial score (nSPS) is 10.2. The van der Waals surface area contributed by atoms with Gasteiger partial charge >= 0.3 is 5.97 Å². The van der Waals surface area contributed by atoms with Crippen LogP contribution < -0.4 is 11.1 Å². The maximum Gasteiger partial charge on any atom is 0.338 e. The molecule has 0 radical (unpaired) electrons. The number of primary amides is 1. The molecule has 23 heavy (non-hydrogen) atoms. The molecule has 0 fully saturated rings. The van der Waals surface area contributed by atoms with Gasteiger partial charge in [0, 0.05) is 0 Å². The number of hydrogen-bond donors (Lipinski definition) is 2. The average molecular weight is 373 g/mol. The lowest BCUT2D eigenvalue weighted by atomic mass is 10.2. The largest absolute Gasteiger partial charge is 0.452 e. The van der Waals surface area contributed by atoms with Crippen molar-refractivity contribution in [2.45, 2.75) is 0 Å². The Morgan fingerprint density at radius 2 is 1.91 bits per heavy atom. The Bertz CT molecular complexity index is 776. The molecule has 0 atom stereocenters. The first kappa shape index (κ1) is 17.3. The molecule has 0 aliphatic rings. The van der Waals surface area contributed by atoms with E-state index in [4.69, 9.17) is 33.7 Å². The molecule has 2 amide bonds. The third-order valence-electron chi connectivity index (χ3n) is 2.67. The summed E-state index contributed by atoms with van der Waals surface area (Å²) >= 11 is 12.7. The van der Waals surface area contributed by atoms with Crippen molar-refractivity contribution in [3.63, 3.8) is 0 Å². The van der Waals surface area contributed by atoms with Gasteiger partial charge in [-0.15, -0.1) is 11.3 Å². The van der Waals surface area contributed by atoms with E-state index in [2.05, 4.69) is 5.32 Å². The average Bonchev–Trinajstić information content (AvgIpc) is 2.96. The molecule has 0 saturated carbocycles. The number of anilines is 1. The lowest BCUT2D eigenvalue weighted by Gasteiger charge is -2.07. The van der Waals surface area contributed by atoms with Gasteiger partial charge in [0.1, 0.15) is 5.00 Å². The maximum absolute atomic E-state index is 11.8. The Labute approximate surface area is 145 Å². The fraction of sp³-hybridized carbons (Fsp3) is 0.0714. The summed E-state index contributed by atoms with van der Waals surface area (Å²) in [5.41, 5.74) is 5.53. The van der Waals surface area contributed by atoms with Gasteiger partial charge in [-0.2, -0.15) is 0 Å². The molecular weight excluding hydrogens is 363 g/mol. The fourth-order valence-corrected chi connectivity index (χ4v) is 2.71. The lowest BCUT2D eigenvalue weighted by molar-refractivity contribution is -0.119. The van der Waals surface area contributed by atoms with Crippen LogP contribution in [0.3, 0.4) is 0 Å². The highest BCUT2D eigenvalue weighted by Gasteiger charge is 2.15. The first-order valence-electron chi connectivity index (χ1n) is 6.18. The molecule has 3 N–H and O–H groups in total. The number of hydrogen-bond acceptors (Lipinski definition) is 5. The van der Waals surface area contributed by atoms with Crippen LogP contribution in [-0.4, -0.2) is 24.4 Å². The van der Waals surface area contributed by atoms with E-state index >= 15 is 0 Å². The van der Waals surface area contributed by atoms with Crippen molar-refractivity contribution < 1.29 is 19.1 Å². The molecule has 2 aromatic rings. The van der Waals surface area contributed by atoms with Gasteiger partial charge in [0.05, 0.1) is 21.2 Å². The molecule has 1 heterocycles. The minimum absolute atomic E-state index is 0.168. The zero-order valence-corrected chi connectivity index (χ0v) is 13.8. The van der Waals surface area contributed by atoms with Gasteiger partial charge in [-0.25, -0.2) is 4.79 Å². The van der Waals surface area contributed by atoms with E-state index in [1.807, 2.05) is 0 Å². The molecule has 0 aliphatic heterocycles. The summed E-state index contributed by atoms with van der Waals surface area (Å²) < 4.78 is 4.87. The van der Waals surface area contributed by atoms with Gasteiger partial charge in [0.15, 0.2) is 6.61 Å². The second kappa shape index (κ2) is 7.45. The molecule has 0 unspecified atom stereocenters. The summed E-state index contributed by atoms with van der Waals surface area (Å²) in [6.07, 6.45) is 0. The SMILES string of the molecule is NC(=O)c1ccsc1NC(=O)COC(=O)c1ccc(Cl)c(Cl)c1. The second-order valence-corrected chi connectivity index (χ2v) is 6.01.